The molecule has 7 heteroatoms. The standard InChI is InChI=1S/C16H22N2O5/c1-3-8-23-18-12-7-5-4-6-11(12)14(20)13(16(18)22)15(21)17-9-10(2)19/h20H,3-9H2,1-2H3,(H,17,21). The largest absolute Gasteiger partial charge is 0.507 e. The third-order valence-electron chi connectivity index (χ3n) is 3.75. The van der Waals surface area contributed by atoms with Crippen molar-refractivity contribution >= 4 is 11.7 Å². The van der Waals surface area contributed by atoms with Crippen LogP contribution in [0.4, 0.5) is 0 Å². The molecular weight excluding hydrogens is 300 g/mol. The summed E-state index contributed by atoms with van der Waals surface area (Å²) in [5.74, 6) is -1.29. The molecule has 2 rings (SSSR count). The Morgan fingerprint density at radius 3 is 2.65 bits per heavy atom. The molecule has 1 amide bonds. The lowest BCUT2D eigenvalue weighted by molar-refractivity contribution is -0.116. The van der Waals surface area contributed by atoms with Gasteiger partial charge in [-0.05, 0) is 39.0 Å². The number of carbonyl (C=O) groups is 2. The number of hydrogen-bond donors (Lipinski definition) is 2. The van der Waals surface area contributed by atoms with Crippen LogP contribution in [0.25, 0.3) is 0 Å². The van der Waals surface area contributed by atoms with E-state index in [2.05, 4.69) is 5.32 Å². The third kappa shape index (κ3) is 3.55. The normalized spacial score (nSPS) is 13.3. The van der Waals surface area contributed by atoms with E-state index in [1.165, 1.54) is 6.92 Å². The van der Waals surface area contributed by atoms with Crippen LogP contribution in [-0.4, -0.2) is 34.7 Å². The van der Waals surface area contributed by atoms with E-state index in [0.29, 0.717) is 37.1 Å². The summed E-state index contributed by atoms with van der Waals surface area (Å²) in [5.41, 5.74) is 0.177. The number of hydrogen-bond acceptors (Lipinski definition) is 5. The zero-order chi connectivity index (χ0) is 17.0. The number of pyridine rings is 1. The Morgan fingerprint density at radius 2 is 2.00 bits per heavy atom. The summed E-state index contributed by atoms with van der Waals surface area (Å²) in [6.07, 6.45) is 3.70. The molecule has 0 radical (unpaired) electrons. The molecule has 0 spiro atoms. The van der Waals surface area contributed by atoms with Crippen molar-refractivity contribution in [3.63, 3.8) is 0 Å². The van der Waals surface area contributed by atoms with E-state index in [-0.39, 0.29) is 23.6 Å². The second kappa shape index (κ2) is 7.30. The maximum Gasteiger partial charge on any atom is 0.299 e. The average molecular weight is 322 g/mol. The Morgan fingerprint density at radius 1 is 1.30 bits per heavy atom. The Hall–Kier alpha value is -2.31. The number of amides is 1. The molecule has 23 heavy (non-hydrogen) atoms. The highest BCUT2D eigenvalue weighted by molar-refractivity contribution is 5.98. The summed E-state index contributed by atoms with van der Waals surface area (Å²) in [4.78, 5) is 41.3. The van der Waals surface area contributed by atoms with Gasteiger partial charge < -0.3 is 15.3 Å². The van der Waals surface area contributed by atoms with Crippen molar-refractivity contribution in [3.8, 4) is 5.75 Å². The molecule has 0 atom stereocenters. The summed E-state index contributed by atoms with van der Waals surface area (Å²) in [6, 6.07) is 0. The van der Waals surface area contributed by atoms with Gasteiger partial charge in [0.25, 0.3) is 11.5 Å². The number of Topliss-reactive ketones (excluding diaryl/α,β-unsaturated/α-hetero) is 1. The highest BCUT2D eigenvalue weighted by Gasteiger charge is 2.28. The van der Waals surface area contributed by atoms with Crippen LogP contribution in [0.5, 0.6) is 5.75 Å². The summed E-state index contributed by atoms with van der Waals surface area (Å²) in [7, 11) is 0. The lowest BCUT2D eigenvalue weighted by Gasteiger charge is -2.23. The molecule has 0 bridgehead atoms. The number of rotatable bonds is 6. The van der Waals surface area contributed by atoms with Crippen LogP contribution in [0.3, 0.4) is 0 Å². The minimum absolute atomic E-state index is 0.190. The van der Waals surface area contributed by atoms with Crippen LogP contribution < -0.4 is 15.7 Å². The van der Waals surface area contributed by atoms with E-state index < -0.39 is 11.5 Å². The van der Waals surface area contributed by atoms with Gasteiger partial charge in [-0.25, -0.2) is 0 Å². The van der Waals surface area contributed by atoms with Crippen molar-refractivity contribution in [2.75, 3.05) is 13.2 Å². The fraction of sp³-hybridized carbons (Fsp3) is 0.562. The summed E-state index contributed by atoms with van der Waals surface area (Å²) >= 11 is 0. The fourth-order valence-electron chi connectivity index (χ4n) is 2.66. The number of fused-ring (bicyclic) bond motifs is 1. The highest BCUT2D eigenvalue weighted by atomic mass is 16.7. The smallest absolute Gasteiger partial charge is 0.299 e. The van der Waals surface area contributed by atoms with Crippen LogP contribution in [-0.2, 0) is 17.6 Å². The number of ketones is 1. The van der Waals surface area contributed by atoms with E-state index in [1.807, 2.05) is 6.92 Å². The Labute approximate surface area is 134 Å². The summed E-state index contributed by atoms with van der Waals surface area (Å²) in [5, 5.41) is 12.7. The molecule has 1 heterocycles. The lowest BCUT2D eigenvalue weighted by Crippen LogP contribution is -2.40. The summed E-state index contributed by atoms with van der Waals surface area (Å²) < 4.78 is 1.14. The van der Waals surface area contributed by atoms with Crippen molar-refractivity contribution in [2.45, 2.75) is 46.0 Å². The second-order valence-electron chi connectivity index (χ2n) is 5.67. The molecule has 0 saturated carbocycles. The second-order valence-corrected chi connectivity index (χ2v) is 5.67. The number of nitrogens with zero attached hydrogens (tertiary/aromatic N) is 1. The van der Waals surface area contributed by atoms with Crippen molar-refractivity contribution in [1.29, 1.82) is 0 Å². The molecule has 1 aromatic rings. The van der Waals surface area contributed by atoms with Gasteiger partial charge in [-0.15, -0.1) is 4.73 Å². The van der Waals surface area contributed by atoms with E-state index >= 15 is 0 Å². The number of aromatic nitrogens is 1. The van der Waals surface area contributed by atoms with Crippen LogP contribution in [0.15, 0.2) is 4.79 Å². The molecular formula is C16H22N2O5. The van der Waals surface area contributed by atoms with Gasteiger partial charge in [0.05, 0.1) is 12.2 Å². The van der Waals surface area contributed by atoms with Gasteiger partial charge >= 0.3 is 0 Å². The molecule has 0 aromatic carbocycles. The lowest BCUT2D eigenvalue weighted by atomic mass is 9.93. The number of nitrogens with one attached hydrogen (secondary N) is 1. The first kappa shape index (κ1) is 17.1. The molecule has 0 aliphatic heterocycles. The maximum atomic E-state index is 12.6. The molecule has 7 nitrogen and oxygen atoms in total. The van der Waals surface area contributed by atoms with Gasteiger partial charge in [0.2, 0.25) is 0 Å². The monoisotopic (exact) mass is 322 g/mol. The minimum Gasteiger partial charge on any atom is -0.507 e. The Kier molecular flexibility index (Phi) is 5.41. The zero-order valence-corrected chi connectivity index (χ0v) is 13.5. The third-order valence-corrected chi connectivity index (χ3v) is 3.75. The predicted molar refractivity (Wildman–Crippen MR) is 83.8 cm³/mol. The first-order valence-electron chi connectivity index (χ1n) is 7.88. The number of aromatic hydroxyl groups is 1. The molecule has 2 N–H and O–H groups in total. The molecule has 0 fully saturated rings. The molecule has 126 valence electrons. The molecule has 1 aliphatic carbocycles. The van der Waals surface area contributed by atoms with E-state index in [1.54, 1.807) is 0 Å². The van der Waals surface area contributed by atoms with Crippen molar-refractivity contribution in [2.24, 2.45) is 0 Å². The van der Waals surface area contributed by atoms with Crippen molar-refractivity contribution < 1.29 is 19.5 Å². The average Bonchev–Trinajstić information content (AvgIpc) is 2.53. The van der Waals surface area contributed by atoms with Crippen LogP contribution in [0.1, 0.15) is 54.7 Å². The van der Waals surface area contributed by atoms with Crippen molar-refractivity contribution in [1.82, 2.24) is 10.0 Å². The predicted octanol–water partition coefficient (Wildman–Crippen LogP) is 0.590. The van der Waals surface area contributed by atoms with Crippen LogP contribution >= 0.6 is 0 Å². The first-order chi connectivity index (χ1) is 11.0. The zero-order valence-electron chi connectivity index (χ0n) is 13.5. The molecule has 0 saturated heterocycles. The molecule has 0 unspecified atom stereocenters. The van der Waals surface area contributed by atoms with Gasteiger partial charge in [-0.3, -0.25) is 14.4 Å². The topological polar surface area (TPSA) is 97.6 Å². The van der Waals surface area contributed by atoms with E-state index in [0.717, 1.165) is 17.6 Å². The van der Waals surface area contributed by atoms with E-state index in [9.17, 15) is 19.5 Å². The Balaban J connectivity index is 2.51. The SMILES string of the molecule is CCCOn1c2c(c(O)c(C(=O)NCC(C)=O)c1=O)CCCC2. The van der Waals surface area contributed by atoms with Gasteiger partial charge in [-0.1, -0.05) is 6.92 Å². The van der Waals surface area contributed by atoms with Crippen LogP contribution in [0, 0.1) is 0 Å². The van der Waals surface area contributed by atoms with Gasteiger partial charge in [0, 0.05) is 5.56 Å². The van der Waals surface area contributed by atoms with Crippen molar-refractivity contribution in [3.05, 3.63) is 27.2 Å². The van der Waals surface area contributed by atoms with E-state index in [4.69, 9.17) is 4.84 Å². The Bertz CT molecular complexity index is 678. The highest BCUT2D eigenvalue weighted by Crippen LogP contribution is 2.29. The minimum atomic E-state index is -0.759. The first-order valence-corrected chi connectivity index (χ1v) is 7.88. The van der Waals surface area contributed by atoms with Gasteiger partial charge in [-0.2, -0.15) is 0 Å². The molecule has 1 aliphatic rings. The quantitative estimate of drug-likeness (QED) is 0.799. The van der Waals surface area contributed by atoms with Gasteiger partial charge in [0.1, 0.15) is 23.7 Å². The number of carbonyl (C=O) groups excluding carboxylic acids is 2. The van der Waals surface area contributed by atoms with Gasteiger partial charge in [0.15, 0.2) is 0 Å². The maximum absolute atomic E-state index is 12.6. The van der Waals surface area contributed by atoms with Crippen LogP contribution in [0.2, 0.25) is 0 Å². The summed E-state index contributed by atoms with van der Waals surface area (Å²) in [6.45, 7) is 3.39. The fourth-order valence-corrected chi connectivity index (χ4v) is 2.66. The molecule has 1 aromatic heterocycles.